The number of hydrogen-bond donors (Lipinski definition) is 2. The molecule has 0 radical (unpaired) electrons. The second-order valence-corrected chi connectivity index (χ2v) is 6.43. The monoisotopic (exact) mass is 338 g/mol. The van der Waals surface area contributed by atoms with Crippen LogP contribution in [0.5, 0.6) is 5.75 Å². The van der Waals surface area contributed by atoms with Crippen molar-refractivity contribution < 1.29 is 14.3 Å². The van der Waals surface area contributed by atoms with Crippen molar-refractivity contribution in [1.82, 2.24) is 5.32 Å². The Labute approximate surface area is 147 Å². The highest BCUT2D eigenvalue weighted by molar-refractivity contribution is 5.97. The molecule has 2 aromatic rings. The lowest BCUT2D eigenvalue weighted by Crippen LogP contribution is -2.59. The van der Waals surface area contributed by atoms with Gasteiger partial charge in [0.1, 0.15) is 5.75 Å². The Balaban J connectivity index is 1.73. The fourth-order valence-electron chi connectivity index (χ4n) is 3.89. The summed E-state index contributed by atoms with van der Waals surface area (Å²) in [6, 6.07) is 17.3. The van der Waals surface area contributed by atoms with E-state index in [2.05, 4.69) is 16.7 Å². The van der Waals surface area contributed by atoms with Crippen molar-refractivity contribution in [2.24, 2.45) is 5.92 Å². The molecule has 1 saturated heterocycles. The molecule has 2 aliphatic heterocycles. The zero-order valence-corrected chi connectivity index (χ0v) is 14.2. The van der Waals surface area contributed by atoms with Crippen LogP contribution in [0.4, 0.5) is 5.69 Å². The average molecular weight is 338 g/mol. The summed E-state index contributed by atoms with van der Waals surface area (Å²) in [6.07, 6.45) is 0. The highest BCUT2D eigenvalue weighted by atomic mass is 16.7. The Morgan fingerprint density at radius 2 is 1.96 bits per heavy atom. The summed E-state index contributed by atoms with van der Waals surface area (Å²) in [5.74, 6) is -0.741. The van der Waals surface area contributed by atoms with Gasteiger partial charge in [-0.2, -0.15) is 0 Å². The van der Waals surface area contributed by atoms with Crippen LogP contribution in [-0.2, 0) is 9.53 Å². The number of para-hydroxylation sites is 2. The number of rotatable bonds is 4. The smallest absolute Gasteiger partial charge is 0.297 e. The van der Waals surface area contributed by atoms with Crippen molar-refractivity contribution in [2.75, 3.05) is 25.0 Å². The van der Waals surface area contributed by atoms with Gasteiger partial charge in [-0.3, -0.25) is 4.79 Å². The number of carbonyl (C=O) groups is 1. The highest BCUT2D eigenvalue weighted by Crippen LogP contribution is 2.47. The summed E-state index contributed by atoms with van der Waals surface area (Å²) in [7, 11) is 0. The van der Waals surface area contributed by atoms with Crippen LogP contribution in [0.1, 0.15) is 18.4 Å². The van der Waals surface area contributed by atoms with Crippen LogP contribution in [0.15, 0.2) is 54.6 Å². The Kier molecular flexibility index (Phi) is 4.19. The highest BCUT2D eigenvalue weighted by Gasteiger charge is 2.57. The molecule has 4 rings (SSSR count). The van der Waals surface area contributed by atoms with Crippen molar-refractivity contribution in [3.8, 4) is 5.75 Å². The third-order valence-electron chi connectivity index (χ3n) is 4.99. The molecule has 0 spiro atoms. The van der Waals surface area contributed by atoms with Gasteiger partial charge in [-0.15, -0.1) is 0 Å². The Bertz CT molecular complexity index is 765. The second-order valence-electron chi connectivity index (χ2n) is 6.43. The minimum Gasteiger partial charge on any atom is -0.452 e. The molecule has 2 heterocycles. The maximum atomic E-state index is 13.2. The number of benzene rings is 2. The SMILES string of the molecule is CCOC1(C(=O)Nc2ccccc2)Oc2ccccc2[C@H]2CNC[C@H]21. The lowest BCUT2D eigenvalue weighted by Gasteiger charge is -2.43. The zero-order valence-electron chi connectivity index (χ0n) is 14.2. The van der Waals surface area contributed by atoms with E-state index in [-0.39, 0.29) is 17.7 Å². The van der Waals surface area contributed by atoms with Crippen LogP contribution >= 0.6 is 0 Å². The predicted molar refractivity (Wildman–Crippen MR) is 95.6 cm³/mol. The molecule has 0 aromatic heterocycles. The molecule has 2 N–H and O–H groups in total. The minimum atomic E-state index is -1.33. The third kappa shape index (κ3) is 2.69. The van der Waals surface area contributed by atoms with Crippen molar-refractivity contribution in [1.29, 1.82) is 0 Å². The number of fused-ring (bicyclic) bond motifs is 3. The Morgan fingerprint density at radius 3 is 2.76 bits per heavy atom. The largest absolute Gasteiger partial charge is 0.452 e. The van der Waals surface area contributed by atoms with Crippen LogP contribution in [-0.4, -0.2) is 31.4 Å². The number of nitrogens with one attached hydrogen (secondary N) is 2. The Morgan fingerprint density at radius 1 is 1.20 bits per heavy atom. The lowest BCUT2D eigenvalue weighted by atomic mass is 9.79. The molecule has 1 amide bonds. The molecule has 1 unspecified atom stereocenters. The summed E-state index contributed by atoms with van der Waals surface area (Å²) >= 11 is 0. The molecular formula is C20H22N2O3. The van der Waals surface area contributed by atoms with E-state index in [1.807, 2.05) is 55.5 Å². The van der Waals surface area contributed by atoms with Crippen molar-refractivity contribution in [3.05, 3.63) is 60.2 Å². The number of hydrogen-bond acceptors (Lipinski definition) is 4. The van der Waals surface area contributed by atoms with Gasteiger partial charge in [-0.05, 0) is 30.7 Å². The standard InChI is InChI=1S/C20H22N2O3/c1-2-24-20(19(23)22-14-8-4-3-5-9-14)17-13-21-12-16(17)15-10-6-7-11-18(15)25-20/h3-11,16-17,21H,2,12-13H2,1H3,(H,22,23)/t16-,17-,20?/m1/s1. The summed E-state index contributed by atoms with van der Waals surface area (Å²) in [5.41, 5.74) is 1.87. The zero-order chi connectivity index (χ0) is 17.3. The molecule has 0 aliphatic carbocycles. The molecule has 25 heavy (non-hydrogen) atoms. The van der Waals surface area contributed by atoms with Gasteiger partial charge in [0, 0.05) is 31.3 Å². The molecule has 1 fully saturated rings. The van der Waals surface area contributed by atoms with Crippen LogP contribution < -0.4 is 15.4 Å². The summed E-state index contributed by atoms with van der Waals surface area (Å²) in [5, 5.41) is 6.36. The van der Waals surface area contributed by atoms with Crippen LogP contribution in [0, 0.1) is 5.92 Å². The van der Waals surface area contributed by atoms with Crippen molar-refractivity contribution in [3.63, 3.8) is 0 Å². The van der Waals surface area contributed by atoms with Gasteiger partial charge in [0.25, 0.3) is 11.7 Å². The van der Waals surface area contributed by atoms with Gasteiger partial charge in [0.05, 0.1) is 5.92 Å². The van der Waals surface area contributed by atoms with E-state index in [9.17, 15) is 4.79 Å². The fraction of sp³-hybridized carbons (Fsp3) is 0.350. The van der Waals surface area contributed by atoms with E-state index in [0.29, 0.717) is 13.2 Å². The van der Waals surface area contributed by atoms with Crippen molar-refractivity contribution in [2.45, 2.75) is 18.6 Å². The molecule has 0 bridgehead atoms. The van der Waals surface area contributed by atoms with Crippen LogP contribution in [0.3, 0.4) is 0 Å². The molecule has 130 valence electrons. The van der Waals surface area contributed by atoms with Crippen molar-refractivity contribution >= 4 is 11.6 Å². The van der Waals surface area contributed by atoms with Gasteiger partial charge in [0.15, 0.2) is 0 Å². The predicted octanol–water partition coefficient (Wildman–Crippen LogP) is 2.75. The maximum Gasteiger partial charge on any atom is 0.297 e. The van der Waals surface area contributed by atoms with E-state index in [1.165, 1.54) is 0 Å². The van der Waals surface area contributed by atoms with E-state index in [4.69, 9.17) is 9.47 Å². The number of ether oxygens (including phenoxy) is 2. The topological polar surface area (TPSA) is 59.6 Å². The number of anilines is 1. The normalized spacial score (nSPS) is 27.1. The fourth-order valence-corrected chi connectivity index (χ4v) is 3.89. The molecule has 2 aromatic carbocycles. The van der Waals surface area contributed by atoms with Crippen LogP contribution in [0.2, 0.25) is 0 Å². The molecule has 2 aliphatic rings. The molecule has 0 saturated carbocycles. The summed E-state index contributed by atoms with van der Waals surface area (Å²) < 4.78 is 12.2. The first-order chi connectivity index (χ1) is 12.2. The van der Waals surface area contributed by atoms with Crippen LogP contribution in [0.25, 0.3) is 0 Å². The molecular weight excluding hydrogens is 316 g/mol. The third-order valence-corrected chi connectivity index (χ3v) is 4.99. The molecule has 5 heteroatoms. The van der Waals surface area contributed by atoms with Gasteiger partial charge >= 0.3 is 0 Å². The van der Waals surface area contributed by atoms with E-state index in [0.717, 1.165) is 23.5 Å². The number of carbonyl (C=O) groups excluding carboxylic acids is 1. The first-order valence-corrected chi connectivity index (χ1v) is 8.73. The van der Waals surface area contributed by atoms with E-state index < -0.39 is 5.79 Å². The van der Waals surface area contributed by atoms with Gasteiger partial charge < -0.3 is 20.1 Å². The average Bonchev–Trinajstić information content (AvgIpc) is 3.13. The molecule has 5 nitrogen and oxygen atoms in total. The van der Waals surface area contributed by atoms with Gasteiger partial charge in [-0.25, -0.2) is 0 Å². The lowest BCUT2D eigenvalue weighted by molar-refractivity contribution is -0.215. The first kappa shape index (κ1) is 16.1. The van der Waals surface area contributed by atoms with Gasteiger partial charge in [0.2, 0.25) is 0 Å². The minimum absolute atomic E-state index is 0.0777. The summed E-state index contributed by atoms with van der Waals surface area (Å²) in [4.78, 5) is 13.2. The van der Waals surface area contributed by atoms with E-state index in [1.54, 1.807) is 0 Å². The Hall–Kier alpha value is -2.37. The summed E-state index contributed by atoms with van der Waals surface area (Å²) in [6.45, 7) is 3.78. The second kappa shape index (κ2) is 6.50. The first-order valence-electron chi connectivity index (χ1n) is 8.73. The molecule has 3 atom stereocenters. The van der Waals surface area contributed by atoms with E-state index >= 15 is 0 Å². The quantitative estimate of drug-likeness (QED) is 0.900. The van der Waals surface area contributed by atoms with Gasteiger partial charge in [-0.1, -0.05) is 36.4 Å². The number of amides is 1. The maximum absolute atomic E-state index is 13.2.